The number of amides is 1. The topological polar surface area (TPSA) is 62.7 Å². The number of H-pyrrole nitrogens is 1. The number of thiophene rings is 1. The Labute approximate surface area is 155 Å². The Morgan fingerprint density at radius 2 is 2.20 bits per heavy atom. The van der Waals surface area contributed by atoms with Crippen LogP contribution in [-0.2, 0) is 11.3 Å². The van der Waals surface area contributed by atoms with E-state index >= 15 is 0 Å². The van der Waals surface area contributed by atoms with Gasteiger partial charge in [0, 0.05) is 6.54 Å². The summed E-state index contributed by atoms with van der Waals surface area (Å²) in [5.74, 6) is 0.601. The van der Waals surface area contributed by atoms with E-state index in [-0.39, 0.29) is 5.91 Å². The van der Waals surface area contributed by atoms with E-state index in [9.17, 15) is 4.79 Å². The lowest BCUT2D eigenvalue weighted by atomic mass is 10.1. The van der Waals surface area contributed by atoms with Gasteiger partial charge in [0.1, 0.15) is 6.04 Å². The standard InChI is InChI=1S/C18H20N4OS2/c1-11-6-7-14(12(2)9-11)10-19-17(23)13(3)22-16(20-21-18(22)24)15-5-4-8-25-15/h4-9,13H,10H2,1-3H3,(H,19,23)(H,21,24)/t13-/m1/s1. The molecular formula is C18H20N4OS2. The van der Waals surface area contributed by atoms with Crippen molar-refractivity contribution in [3.63, 3.8) is 0 Å². The molecule has 0 aliphatic carbocycles. The highest BCUT2D eigenvalue weighted by molar-refractivity contribution is 7.71. The van der Waals surface area contributed by atoms with E-state index in [4.69, 9.17) is 12.2 Å². The van der Waals surface area contributed by atoms with E-state index in [2.05, 4.69) is 47.6 Å². The van der Waals surface area contributed by atoms with Crippen LogP contribution in [0.1, 0.15) is 29.7 Å². The lowest BCUT2D eigenvalue weighted by Gasteiger charge is -2.16. The Balaban J connectivity index is 1.77. The monoisotopic (exact) mass is 372 g/mol. The lowest BCUT2D eigenvalue weighted by molar-refractivity contribution is -0.124. The van der Waals surface area contributed by atoms with Crippen molar-refractivity contribution in [1.82, 2.24) is 20.1 Å². The molecule has 0 spiro atoms. The summed E-state index contributed by atoms with van der Waals surface area (Å²) < 4.78 is 2.20. The Morgan fingerprint density at radius 3 is 2.88 bits per heavy atom. The van der Waals surface area contributed by atoms with Crippen molar-refractivity contribution in [1.29, 1.82) is 0 Å². The van der Waals surface area contributed by atoms with E-state index in [0.717, 1.165) is 10.4 Å². The molecule has 5 nitrogen and oxygen atoms in total. The lowest BCUT2D eigenvalue weighted by Crippen LogP contribution is -2.31. The fraction of sp³-hybridized carbons (Fsp3) is 0.278. The first-order chi connectivity index (χ1) is 12.0. The maximum atomic E-state index is 12.7. The fourth-order valence-electron chi connectivity index (χ4n) is 2.74. The molecule has 2 heterocycles. The summed E-state index contributed by atoms with van der Waals surface area (Å²) in [6, 6.07) is 9.69. The minimum absolute atomic E-state index is 0.0877. The van der Waals surface area contributed by atoms with Crippen LogP contribution in [0.25, 0.3) is 10.7 Å². The zero-order valence-electron chi connectivity index (χ0n) is 14.4. The number of nitrogens with zero attached hydrogens (tertiary/aromatic N) is 2. The summed E-state index contributed by atoms with van der Waals surface area (Å²) in [5, 5.41) is 12.1. The third kappa shape index (κ3) is 3.72. The van der Waals surface area contributed by atoms with Gasteiger partial charge in [-0.2, -0.15) is 5.10 Å². The number of rotatable bonds is 5. The van der Waals surface area contributed by atoms with Crippen molar-refractivity contribution in [2.24, 2.45) is 0 Å². The number of aromatic nitrogens is 3. The van der Waals surface area contributed by atoms with Gasteiger partial charge in [-0.3, -0.25) is 14.5 Å². The van der Waals surface area contributed by atoms with Crippen molar-refractivity contribution in [2.75, 3.05) is 0 Å². The number of carbonyl (C=O) groups is 1. The molecule has 7 heteroatoms. The minimum atomic E-state index is -0.450. The van der Waals surface area contributed by atoms with Crippen LogP contribution < -0.4 is 5.32 Å². The van der Waals surface area contributed by atoms with Crippen LogP contribution in [0.2, 0.25) is 0 Å². The molecule has 1 atom stereocenters. The van der Waals surface area contributed by atoms with Crippen LogP contribution in [-0.4, -0.2) is 20.7 Å². The maximum absolute atomic E-state index is 12.7. The van der Waals surface area contributed by atoms with E-state index in [1.807, 2.05) is 24.4 Å². The smallest absolute Gasteiger partial charge is 0.243 e. The second kappa shape index (κ2) is 7.33. The largest absolute Gasteiger partial charge is 0.350 e. The predicted molar refractivity (Wildman–Crippen MR) is 103 cm³/mol. The van der Waals surface area contributed by atoms with Crippen LogP contribution in [0.5, 0.6) is 0 Å². The average Bonchev–Trinajstić information content (AvgIpc) is 3.22. The maximum Gasteiger partial charge on any atom is 0.243 e. The molecule has 3 aromatic rings. The van der Waals surface area contributed by atoms with Gasteiger partial charge < -0.3 is 5.32 Å². The first kappa shape index (κ1) is 17.6. The summed E-state index contributed by atoms with van der Waals surface area (Å²) >= 11 is 6.89. The van der Waals surface area contributed by atoms with Gasteiger partial charge in [0.2, 0.25) is 5.91 Å². The summed E-state index contributed by atoms with van der Waals surface area (Å²) in [4.78, 5) is 13.6. The van der Waals surface area contributed by atoms with Crippen molar-refractivity contribution < 1.29 is 4.79 Å². The highest BCUT2D eigenvalue weighted by atomic mass is 32.1. The number of hydrogen-bond acceptors (Lipinski definition) is 4. The fourth-order valence-corrected chi connectivity index (χ4v) is 3.74. The van der Waals surface area contributed by atoms with Crippen molar-refractivity contribution >= 4 is 29.5 Å². The van der Waals surface area contributed by atoms with Crippen LogP contribution in [0.3, 0.4) is 0 Å². The second-order valence-corrected chi connectivity index (χ2v) is 7.36. The number of aromatic amines is 1. The van der Waals surface area contributed by atoms with Crippen LogP contribution in [0, 0.1) is 18.6 Å². The van der Waals surface area contributed by atoms with Gasteiger partial charge in [0.05, 0.1) is 4.88 Å². The minimum Gasteiger partial charge on any atom is -0.350 e. The molecule has 0 aliphatic heterocycles. The van der Waals surface area contributed by atoms with Gasteiger partial charge in [-0.15, -0.1) is 11.3 Å². The molecule has 1 aromatic carbocycles. The summed E-state index contributed by atoms with van der Waals surface area (Å²) in [6.07, 6.45) is 0. The Bertz CT molecular complexity index is 940. The summed E-state index contributed by atoms with van der Waals surface area (Å²) in [6.45, 7) is 6.44. The second-order valence-electron chi connectivity index (χ2n) is 6.02. The van der Waals surface area contributed by atoms with Gasteiger partial charge in [-0.05, 0) is 55.6 Å². The Kier molecular flexibility index (Phi) is 5.15. The summed E-state index contributed by atoms with van der Waals surface area (Å²) in [7, 11) is 0. The number of aryl methyl sites for hydroxylation is 2. The van der Waals surface area contributed by atoms with Gasteiger partial charge in [-0.1, -0.05) is 29.8 Å². The molecule has 2 aromatic heterocycles. The van der Waals surface area contributed by atoms with E-state index in [0.29, 0.717) is 17.1 Å². The number of nitrogens with one attached hydrogen (secondary N) is 2. The quantitative estimate of drug-likeness (QED) is 0.661. The van der Waals surface area contributed by atoms with E-state index in [1.54, 1.807) is 15.9 Å². The van der Waals surface area contributed by atoms with E-state index in [1.165, 1.54) is 11.1 Å². The molecule has 25 heavy (non-hydrogen) atoms. The predicted octanol–water partition coefficient (Wildman–Crippen LogP) is 4.16. The van der Waals surface area contributed by atoms with Crippen molar-refractivity contribution in [3.8, 4) is 10.7 Å². The molecule has 0 radical (unpaired) electrons. The summed E-state index contributed by atoms with van der Waals surface area (Å²) in [5.41, 5.74) is 3.50. The average molecular weight is 373 g/mol. The molecule has 130 valence electrons. The van der Waals surface area contributed by atoms with Crippen molar-refractivity contribution in [3.05, 3.63) is 57.2 Å². The van der Waals surface area contributed by atoms with Gasteiger partial charge in [0.25, 0.3) is 0 Å². The first-order valence-corrected chi connectivity index (χ1v) is 9.31. The molecule has 0 unspecified atom stereocenters. The number of benzene rings is 1. The normalized spacial score (nSPS) is 12.1. The van der Waals surface area contributed by atoms with Gasteiger partial charge in [0.15, 0.2) is 10.6 Å². The molecule has 0 aliphatic rings. The van der Waals surface area contributed by atoms with Crippen molar-refractivity contribution in [2.45, 2.75) is 33.4 Å². The third-order valence-electron chi connectivity index (χ3n) is 4.16. The molecule has 3 rings (SSSR count). The Morgan fingerprint density at radius 1 is 1.40 bits per heavy atom. The van der Waals surface area contributed by atoms with Gasteiger partial charge in [-0.25, -0.2) is 0 Å². The zero-order chi connectivity index (χ0) is 18.0. The van der Waals surface area contributed by atoms with Crippen LogP contribution >= 0.6 is 23.6 Å². The highest BCUT2D eigenvalue weighted by Crippen LogP contribution is 2.25. The molecule has 0 fully saturated rings. The molecule has 0 saturated carbocycles. The molecular weight excluding hydrogens is 352 g/mol. The van der Waals surface area contributed by atoms with Crippen LogP contribution in [0.15, 0.2) is 35.7 Å². The SMILES string of the molecule is Cc1ccc(CNC(=O)[C@@H](C)n2c(-c3cccs3)n[nH]c2=S)c(C)c1. The first-order valence-electron chi connectivity index (χ1n) is 8.02. The van der Waals surface area contributed by atoms with Crippen LogP contribution in [0.4, 0.5) is 0 Å². The molecule has 1 amide bonds. The Hall–Kier alpha value is -2.25. The zero-order valence-corrected chi connectivity index (χ0v) is 16.0. The molecule has 0 saturated heterocycles. The van der Waals surface area contributed by atoms with Gasteiger partial charge >= 0.3 is 0 Å². The third-order valence-corrected chi connectivity index (χ3v) is 5.32. The number of hydrogen-bond donors (Lipinski definition) is 2. The highest BCUT2D eigenvalue weighted by Gasteiger charge is 2.21. The number of carbonyl (C=O) groups excluding carboxylic acids is 1. The molecule has 2 N–H and O–H groups in total. The van der Waals surface area contributed by atoms with E-state index < -0.39 is 6.04 Å². The molecule has 0 bridgehead atoms.